The SMILES string of the molecule is Nc1ccccc1NC(=O)/C=C/c1ccc(C(NCCO)C(=O)Nc2ccc(C(F)(F)F)cc2)cc1. The molecule has 0 aromatic heterocycles. The number of hydrogen-bond acceptors (Lipinski definition) is 5. The third-order valence-electron chi connectivity index (χ3n) is 5.12. The van der Waals surface area contributed by atoms with E-state index in [1.807, 2.05) is 0 Å². The molecule has 0 saturated heterocycles. The van der Waals surface area contributed by atoms with Crippen LogP contribution >= 0.6 is 0 Å². The van der Waals surface area contributed by atoms with Crippen molar-refractivity contribution in [1.29, 1.82) is 0 Å². The number of aliphatic hydroxyl groups is 1. The zero-order valence-electron chi connectivity index (χ0n) is 19.0. The van der Waals surface area contributed by atoms with Gasteiger partial charge in [0.25, 0.3) is 0 Å². The minimum atomic E-state index is -4.47. The highest BCUT2D eigenvalue weighted by atomic mass is 19.4. The third kappa shape index (κ3) is 7.42. The molecule has 6 N–H and O–H groups in total. The number of hydrogen-bond donors (Lipinski definition) is 5. The largest absolute Gasteiger partial charge is 0.416 e. The topological polar surface area (TPSA) is 116 Å². The summed E-state index contributed by atoms with van der Waals surface area (Å²) in [6.45, 7) is -0.0958. The van der Waals surface area contributed by atoms with E-state index >= 15 is 0 Å². The Morgan fingerprint density at radius 1 is 0.944 bits per heavy atom. The lowest BCUT2D eigenvalue weighted by molar-refractivity contribution is -0.137. The second-order valence-electron chi connectivity index (χ2n) is 7.75. The predicted octanol–water partition coefficient (Wildman–Crippen LogP) is 4.20. The molecular formula is C26H25F3N4O3. The van der Waals surface area contributed by atoms with Crippen molar-refractivity contribution >= 4 is 35.0 Å². The highest BCUT2D eigenvalue weighted by Gasteiger charge is 2.30. The van der Waals surface area contributed by atoms with Gasteiger partial charge in [-0.05, 0) is 53.6 Å². The molecule has 0 heterocycles. The molecular weight excluding hydrogens is 473 g/mol. The number of rotatable bonds is 9. The van der Waals surface area contributed by atoms with Crippen LogP contribution in [0.1, 0.15) is 22.7 Å². The maximum Gasteiger partial charge on any atom is 0.416 e. The van der Waals surface area contributed by atoms with E-state index in [-0.39, 0.29) is 24.7 Å². The van der Waals surface area contributed by atoms with Crippen LogP contribution in [-0.2, 0) is 15.8 Å². The summed E-state index contributed by atoms with van der Waals surface area (Å²) < 4.78 is 38.3. The van der Waals surface area contributed by atoms with Gasteiger partial charge >= 0.3 is 6.18 Å². The van der Waals surface area contributed by atoms with Crippen LogP contribution in [0, 0.1) is 0 Å². The van der Waals surface area contributed by atoms with Gasteiger partial charge in [0, 0.05) is 18.3 Å². The Labute approximate surface area is 205 Å². The van der Waals surface area contributed by atoms with Gasteiger partial charge < -0.3 is 21.5 Å². The highest BCUT2D eigenvalue weighted by molar-refractivity contribution is 6.03. The number of carbonyl (C=O) groups excluding carboxylic acids is 2. The number of nitrogens with two attached hydrogens (primary N) is 1. The summed E-state index contributed by atoms with van der Waals surface area (Å²) in [6.07, 6.45) is -1.53. The number of nitrogens with one attached hydrogen (secondary N) is 3. The smallest absolute Gasteiger partial charge is 0.397 e. The van der Waals surface area contributed by atoms with Crippen molar-refractivity contribution in [2.75, 3.05) is 29.5 Å². The standard InChI is InChI=1S/C26H25F3N4O3/c27-26(28,29)19-10-12-20(13-11-19)32-25(36)24(31-15-16-34)18-8-5-17(6-9-18)7-14-23(35)33-22-4-2-1-3-21(22)30/h1-14,24,31,34H,15-16,30H2,(H,32,36)(H,33,35)/b14-7+. The summed E-state index contributed by atoms with van der Waals surface area (Å²) >= 11 is 0. The van der Waals surface area contributed by atoms with Crippen molar-refractivity contribution in [2.24, 2.45) is 0 Å². The Morgan fingerprint density at radius 2 is 1.61 bits per heavy atom. The van der Waals surface area contributed by atoms with Gasteiger partial charge in [-0.2, -0.15) is 13.2 Å². The first kappa shape index (κ1) is 26.5. The van der Waals surface area contributed by atoms with Gasteiger partial charge in [0.2, 0.25) is 11.8 Å². The molecule has 3 rings (SSSR count). The number of amides is 2. The Morgan fingerprint density at radius 3 is 2.22 bits per heavy atom. The molecule has 3 aromatic carbocycles. The van der Waals surface area contributed by atoms with Gasteiger partial charge in [0.15, 0.2) is 0 Å². The number of nitrogen functional groups attached to an aromatic ring is 1. The van der Waals surface area contributed by atoms with E-state index < -0.39 is 23.7 Å². The van der Waals surface area contributed by atoms with Crippen LogP contribution in [0.2, 0.25) is 0 Å². The zero-order chi connectivity index (χ0) is 26.1. The average molecular weight is 499 g/mol. The summed E-state index contributed by atoms with van der Waals surface area (Å²) in [4.78, 5) is 25.0. The molecule has 0 radical (unpaired) electrons. The molecule has 0 spiro atoms. The van der Waals surface area contributed by atoms with Crippen LogP contribution in [0.15, 0.2) is 78.9 Å². The van der Waals surface area contributed by atoms with E-state index in [1.165, 1.54) is 18.2 Å². The van der Waals surface area contributed by atoms with Crippen molar-refractivity contribution in [3.63, 3.8) is 0 Å². The molecule has 0 aliphatic carbocycles. The Kier molecular flexibility index (Phi) is 8.82. The molecule has 2 amide bonds. The molecule has 0 aliphatic heterocycles. The second kappa shape index (κ2) is 12.0. The quantitative estimate of drug-likeness (QED) is 0.224. The van der Waals surface area contributed by atoms with Crippen LogP contribution in [0.25, 0.3) is 6.08 Å². The fourth-order valence-corrected chi connectivity index (χ4v) is 3.28. The number of carbonyl (C=O) groups is 2. The first-order valence-corrected chi connectivity index (χ1v) is 10.9. The number of benzene rings is 3. The maximum atomic E-state index is 12.8. The molecule has 0 aliphatic rings. The van der Waals surface area contributed by atoms with E-state index in [0.29, 0.717) is 22.5 Å². The second-order valence-corrected chi connectivity index (χ2v) is 7.75. The summed E-state index contributed by atoms with van der Waals surface area (Å²) in [7, 11) is 0. The number of alkyl halides is 3. The average Bonchev–Trinajstić information content (AvgIpc) is 2.85. The fourth-order valence-electron chi connectivity index (χ4n) is 3.28. The van der Waals surface area contributed by atoms with Crippen molar-refractivity contribution in [1.82, 2.24) is 5.32 Å². The molecule has 0 bridgehead atoms. The van der Waals surface area contributed by atoms with Gasteiger partial charge in [-0.3, -0.25) is 14.9 Å². The first-order valence-electron chi connectivity index (χ1n) is 10.9. The van der Waals surface area contributed by atoms with E-state index in [9.17, 15) is 27.9 Å². The summed E-state index contributed by atoms with van der Waals surface area (Å²) in [6, 6.07) is 16.9. The van der Waals surface area contributed by atoms with Crippen molar-refractivity contribution in [2.45, 2.75) is 12.2 Å². The zero-order valence-corrected chi connectivity index (χ0v) is 19.0. The van der Waals surface area contributed by atoms with Crippen LogP contribution in [0.3, 0.4) is 0 Å². The lowest BCUT2D eigenvalue weighted by atomic mass is 10.0. The van der Waals surface area contributed by atoms with E-state index in [0.717, 1.165) is 12.1 Å². The highest BCUT2D eigenvalue weighted by Crippen LogP contribution is 2.30. The van der Waals surface area contributed by atoms with E-state index in [4.69, 9.17) is 5.73 Å². The van der Waals surface area contributed by atoms with Crippen molar-refractivity contribution in [3.05, 3.63) is 95.6 Å². The minimum absolute atomic E-state index is 0.121. The maximum absolute atomic E-state index is 12.8. The molecule has 3 aromatic rings. The number of aliphatic hydroxyl groups excluding tert-OH is 1. The van der Waals surface area contributed by atoms with Crippen molar-refractivity contribution < 1.29 is 27.9 Å². The monoisotopic (exact) mass is 498 g/mol. The molecule has 10 heteroatoms. The Balaban J connectivity index is 1.67. The molecule has 0 fully saturated rings. The summed E-state index contributed by atoms with van der Waals surface area (Å²) in [5.74, 6) is -0.873. The van der Waals surface area contributed by atoms with Gasteiger partial charge in [-0.25, -0.2) is 0 Å². The van der Waals surface area contributed by atoms with Gasteiger partial charge in [0.1, 0.15) is 6.04 Å². The van der Waals surface area contributed by atoms with Crippen LogP contribution in [0.4, 0.5) is 30.2 Å². The molecule has 188 valence electrons. The Hall–Kier alpha value is -4.15. The van der Waals surface area contributed by atoms with Gasteiger partial charge in [-0.1, -0.05) is 36.4 Å². The molecule has 36 heavy (non-hydrogen) atoms. The summed E-state index contributed by atoms with van der Waals surface area (Å²) in [5, 5.41) is 17.3. The Bertz CT molecular complexity index is 1210. The van der Waals surface area contributed by atoms with Gasteiger partial charge in [-0.15, -0.1) is 0 Å². The molecule has 1 unspecified atom stereocenters. The molecule has 7 nitrogen and oxygen atoms in total. The van der Waals surface area contributed by atoms with Crippen LogP contribution in [0.5, 0.6) is 0 Å². The lowest BCUT2D eigenvalue weighted by Gasteiger charge is -2.19. The van der Waals surface area contributed by atoms with Crippen LogP contribution < -0.4 is 21.7 Å². The number of anilines is 3. The normalized spacial score (nSPS) is 12.3. The van der Waals surface area contributed by atoms with Crippen molar-refractivity contribution in [3.8, 4) is 0 Å². The van der Waals surface area contributed by atoms with E-state index in [1.54, 1.807) is 54.6 Å². The summed E-state index contributed by atoms with van der Waals surface area (Å²) in [5.41, 5.74) is 7.40. The van der Waals surface area contributed by atoms with Crippen LogP contribution in [-0.4, -0.2) is 30.1 Å². The van der Waals surface area contributed by atoms with E-state index in [2.05, 4.69) is 16.0 Å². The minimum Gasteiger partial charge on any atom is -0.397 e. The molecule has 1 atom stereocenters. The lowest BCUT2D eigenvalue weighted by Crippen LogP contribution is -2.34. The predicted molar refractivity (Wildman–Crippen MR) is 133 cm³/mol. The fraction of sp³-hybridized carbons (Fsp3) is 0.154. The van der Waals surface area contributed by atoms with Gasteiger partial charge in [0.05, 0.1) is 23.5 Å². The number of halogens is 3. The third-order valence-corrected chi connectivity index (χ3v) is 5.12. The molecule has 0 saturated carbocycles. The number of para-hydroxylation sites is 2. The first-order chi connectivity index (χ1) is 17.2.